The predicted molar refractivity (Wildman–Crippen MR) is 96.6 cm³/mol. The summed E-state index contributed by atoms with van der Waals surface area (Å²) in [6.07, 6.45) is 0. The van der Waals surface area contributed by atoms with Crippen LogP contribution < -0.4 is 16.0 Å². The number of carbonyl (C=O) groups is 1. The molecule has 0 saturated carbocycles. The molecule has 0 spiro atoms. The van der Waals surface area contributed by atoms with Crippen LogP contribution in [0, 0.1) is 22.7 Å². The Morgan fingerprint density at radius 3 is 2.38 bits per heavy atom. The lowest BCUT2D eigenvalue weighted by molar-refractivity contribution is 0.255. The smallest absolute Gasteiger partial charge is 0.320 e. The number of rotatable bonds is 2. The molecule has 2 amide bonds. The van der Waals surface area contributed by atoms with Crippen LogP contribution in [0.25, 0.3) is 10.9 Å². The lowest BCUT2D eigenvalue weighted by atomic mass is 9.81. The van der Waals surface area contributed by atoms with E-state index in [1.165, 1.54) is 11.9 Å². The third-order valence-electron chi connectivity index (χ3n) is 4.55. The number of benzene rings is 1. The fourth-order valence-corrected chi connectivity index (χ4v) is 3.18. The predicted octanol–water partition coefficient (Wildman–Crippen LogP) is 2.36. The highest BCUT2D eigenvalue weighted by Crippen LogP contribution is 2.39. The summed E-state index contributed by atoms with van der Waals surface area (Å²) in [6, 6.07) is 9.28. The lowest BCUT2D eigenvalue weighted by Gasteiger charge is -2.26. The number of nitrogens with one attached hydrogen (secondary N) is 2. The molecule has 1 aliphatic heterocycles. The van der Waals surface area contributed by atoms with Crippen molar-refractivity contribution in [3.05, 3.63) is 46.3 Å². The monoisotopic (exact) mass is 347 g/mol. The Labute approximate surface area is 150 Å². The Kier molecular flexibility index (Phi) is 4.11. The SMILES string of the molecule is CC1=C(C#N)C(c2ccc3[nH]nc(N(C)C(N)=O)c3c2)C(C#N)=C(C)N1. The van der Waals surface area contributed by atoms with Crippen LogP contribution in [0.3, 0.4) is 0 Å². The highest BCUT2D eigenvalue weighted by Gasteiger charge is 2.30. The third kappa shape index (κ3) is 2.54. The number of hydrogen-bond donors (Lipinski definition) is 3. The number of carbonyl (C=O) groups excluding carboxylic acids is 1. The average molecular weight is 347 g/mol. The van der Waals surface area contributed by atoms with Gasteiger partial charge in [-0.2, -0.15) is 15.6 Å². The van der Waals surface area contributed by atoms with Gasteiger partial charge in [0.15, 0.2) is 5.82 Å². The maximum Gasteiger partial charge on any atom is 0.320 e. The Hall–Kier alpha value is -3.78. The quantitative estimate of drug-likeness (QED) is 0.766. The topological polar surface area (TPSA) is 135 Å². The number of nitriles is 2. The van der Waals surface area contributed by atoms with Crippen molar-refractivity contribution < 1.29 is 4.79 Å². The molecule has 3 rings (SSSR count). The molecule has 130 valence electrons. The minimum atomic E-state index is -0.632. The molecule has 4 N–H and O–H groups in total. The van der Waals surface area contributed by atoms with Gasteiger partial charge in [0.25, 0.3) is 0 Å². The van der Waals surface area contributed by atoms with E-state index >= 15 is 0 Å². The molecule has 0 fully saturated rings. The zero-order valence-corrected chi connectivity index (χ0v) is 14.6. The van der Waals surface area contributed by atoms with Crippen LogP contribution >= 0.6 is 0 Å². The molecule has 8 nitrogen and oxygen atoms in total. The number of aromatic nitrogens is 2. The van der Waals surface area contributed by atoms with E-state index in [9.17, 15) is 15.3 Å². The number of urea groups is 1. The summed E-state index contributed by atoms with van der Waals surface area (Å²) in [5.41, 5.74) is 9.25. The van der Waals surface area contributed by atoms with Gasteiger partial charge in [0.05, 0.1) is 34.7 Å². The molecule has 1 aromatic heterocycles. The van der Waals surface area contributed by atoms with Crippen LogP contribution in [0.1, 0.15) is 25.3 Å². The fourth-order valence-electron chi connectivity index (χ4n) is 3.18. The highest BCUT2D eigenvalue weighted by molar-refractivity contribution is 6.00. The number of allylic oxidation sites excluding steroid dienone is 4. The van der Waals surface area contributed by atoms with Crippen LogP contribution in [-0.2, 0) is 0 Å². The molecular formula is C18H17N7O. The summed E-state index contributed by atoms with van der Waals surface area (Å²) in [6.45, 7) is 3.62. The molecule has 1 aromatic carbocycles. The summed E-state index contributed by atoms with van der Waals surface area (Å²) in [5.74, 6) is -0.0843. The van der Waals surface area contributed by atoms with Crippen molar-refractivity contribution in [2.45, 2.75) is 19.8 Å². The molecule has 0 bridgehead atoms. The minimum absolute atomic E-state index is 0.390. The molecule has 0 unspecified atom stereocenters. The van der Waals surface area contributed by atoms with E-state index in [1.807, 2.05) is 32.0 Å². The van der Waals surface area contributed by atoms with Crippen molar-refractivity contribution >= 4 is 22.8 Å². The number of dihydropyridines is 1. The molecule has 26 heavy (non-hydrogen) atoms. The van der Waals surface area contributed by atoms with Crippen molar-refractivity contribution in [1.29, 1.82) is 10.5 Å². The van der Waals surface area contributed by atoms with Crippen LogP contribution in [0.15, 0.2) is 40.7 Å². The van der Waals surface area contributed by atoms with Gasteiger partial charge in [0, 0.05) is 23.8 Å². The van der Waals surface area contributed by atoms with Gasteiger partial charge in [-0.25, -0.2) is 4.79 Å². The second-order valence-electron chi connectivity index (χ2n) is 6.11. The number of nitrogens with zero attached hydrogens (tertiary/aromatic N) is 4. The third-order valence-corrected chi connectivity index (χ3v) is 4.55. The van der Waals surface area contributed by atoms with Crippen LogP contribution in [0.2, 0.25) is 0 Å². The van der Waals surface area contributed by atoms with Gasteiger partial charge in [-0.15, -0.1) is 0 Å². The van der Waals surface area contributed by atoms with E-state index < -0.39 is 11.9 Å². The van der Waals surface area contributed by atoms with Crippen LogP contribution in [-0.4, -0.2) is 23.3 Å². The lowest BCUT2D eigenvalue weighted by Crippen LogP contribution is -2.32. The van der Waals surface area contributed by atoms with Crippen molar-refractivity contribution in [1.82, 2.24) is 15.5 Å². The number of nitrogens with two attached hydrogens (primary N) is 1. The standard InChI is InChI=1S/C18H17N7O/c1-9-13(7-19)16(14(8-20)10(2)22-9)11-4-5-15-12(6-11)17(24-23-15)25(3)18(21)26/h4-6,16,22H,1-3H3,(H2,21,26)(H,23,24). The van der Waals surface area contributed by atoms with Gasteiger partial charge in [-0.3, -0.25) is 10.00 Å². The summed E-state index contributed by atoms with van der Waals surface area (Å²) >= 11 is 0. The fraction of sp³-hybridized carbons (Fsp3) is 0.222. The molecule has 8 heteroatoms. The maximum atomic E-state index is 11.5. The summed E-state index contributed by atoms with van der Waals surface area (Å²) in [7, 11) is 1.53. The summed E-state index contributed by atoms with van der Waals surface area (Å²) in [4.78, 5) is 12.7. The Balaban J connectivity index is 2.22. The maximum absolute atomic E-state index is 11.5. The van der Waals surface area contributed by atoms with Gasteiger partial charge < -0.3 is 11.1 Å². The van der Waals surface area contributed by atoms with Crippen LogP contribution in [0.4, 0.5) is 10.6 Å². The Morgan fingerprint density at radius 2 is 1.85 bits per heavy atom. The molecular weight excluding hydrogens is 330 g/mol. The van der Waals surface area contributed by atoms with Gasteiger partial charge in [-0.05, 0) is 31.5 Å². The molecule has 0 saturated heterocycles. The number of anilines is 1. The normalized spacial score (nSPS) is 14.8. The van der Waals surface area contributed by atoms with Crippen LogP contribution in [0.5, 0.6) is 0 Å². The number of amides is 2. The highest BCUT2D eigenvalue weighted by atomic mass is 16.2. The molecule has 2 heterocycles. The molecule has 2 aromatic rings. The first-order chi connectivity index (χ1) is 12.4. The zero-order valence-electron chi connectivity index (χ0n) is 14.6. The van der Waals surface area contributed by atoms with E-state index in [4.69, 9.17) is 5.73 Å². The number of fused-ring (bicyclic) bond motifs is 1. The number of H-pyrrole nitrogens is 1. The first-order valence-electron chi connectivity index (χ1n) is 7.89. The van der Waals surface area contributed by atoms with Gasteiger partial charge in [-0.1, -0.05) is 6.07 Å². The van der Waals surface area contributed by atoms with Gasteiger partial charge in [0.2, 0.25) is 0 Å². The van der Waals surface area contributed by atoms with E-state index in [1.54, 1.807) is 0 Å². The minimum Gasteiger partial charge on any atom is -0.361 e. The second kappa shape index (κ2) is 6.26. The van der Waals surface area contributed by atoms with Crippen molar-refractivity contribution in [3.8, 4) is 12.1 Å². The largest absolute Gasteiger partial charge is 0.361 e. The first-order valence-corrected chi connectivity index (χ1v) is 7.89. The first kappa shape index (κ1) is 17.1. The van der Waals surface area contributed by atoms with E-state index in [0.29, 0.717) is 22.4 Å². The van der Waals surface area contributed by atoms with Gasteiger partial charge in [0.1, 0.15) is 0 Å². The Morgan fingerprint density at radius 1 is 1.23 bits per heavy atom. The molecule has 0 radical (unpaired) electrons. The molecule has 0 atom stereocenters. The summed E-state index contributed by atoms with van der Waals surface area (Å²) < 4.78 is 0. The van der Waals surface area contributed by atoms with Crippen molar-refractivity contribution in [3.63, 3.8) is 0 Å². The molecule has 1 aliphatic rings. The van der Waals surface area contributed by atoms with Crippen molar-refractivity contribution in [2.24, 2.45) is 5.73 Å². The second-order valence-corrected chi connectivity index (χ2v) is 6.11. The van der Waals surface area contributed by atoms with E-state index in [-0.39, 0.29) is 0 Å². The average Bonchev–Trinajstić information content (AvgIpc) is 3.03. The van der Waals surface area contributed by atoms with Crippen molar-refractivity contribution in [2.75, 3.05) is 11.9 Å². The molecule has 0 aliphatic carbocycles. The van der Waals surface area contributed by atoms with E-state index in [2.05, 4.69) is 27.7 Å². The van der Waals surface area contributed by atoms with Gasteiger partial charge >= 0.3 is 6.03 Å². The number of aromatic amines is 1. The Bertz CT molecular complexity index is 1030. The number of hydrogen-bond acceptors (Lipinski definition) is 5. The zero-order chi connectivity index (χ0) is 19.0. The number of primary amides is 1. The van der Waals surface area contributed by atoms with E-state index in [0.717, 1.165) is 22.5 Å². The summed E-state index contributed by atoms with van der Waals surface area (Å²) in [5, 5.41) is 30.0.